The average Bonchev–Trinajstić information content (AvgIpc) is 2.55. The Balaban J connectivity index is 1.96. The summed E-state index contributed by atoms with van der Waals surface area (Å²) in [7, 11) is 1.68. The minimum Gasteiger partial charge on any atom is -0.380 e. The number of carbonyl (C=O) groups is 1. The van der Waals surface area contributed by atoms with Crippen LogP contribution in [0.15, 0.2) is 24.3 Å². The number of hydrogen-bond acceptors (Lipinski definition) is 3. The number of methoxy groups -OCH3 is 1. The van der Waals surface area contributed by atoms with Crippen molar-refractivity contribution in [3.63, 3.8) is 0 Å². The first kappa shape index (κ1) is 16.5. The Morgan fingerprint density at radius 3 is 2.91 bits per heavy atom. The van der Waals surface area contributed by atoms with Gasteiger partial charge in [0.2, 0.25) is 5.91 Å². The number of carbonyl (C=O) groups excluding carboxylic acids is 1. The van der Waals surface area contributed by atoms with Gasteiger partial charge in [0, 0.05) is 13.7 Å². The maximum absolute atomic E-state index is 12.5. The fourth-order valence-electron chi connectivity index (χ4n) is 2.92. The molecule has 22 heavy (non-hydrogen) atoms. The molecule has 1 aromatic rings. The zero-order valence-electron chi connectivity index (χ0n) is 13.2. The van der Waals surface area contributed by atoms with E-state index in [0.29, 0.717) is 19.7 Å². The van der Waals surface area contributed by atoms with Crippen LogP contribution in [-0.4, -0.2) is 37.0 Å². The van der Waals surface area contributed by atoms with Gasteiger partial charge >= 0.3 is 0 Å². The van der Waals surface area contributed by atoms with Crippen LogP contribution in [0.3, 0.4) is 0 Å². The van der Waals surface area contributed by atoms with Gasteiger partial charge in [-0.05, 0) is 30.5 Å². The molecule has 0 spiro atoms. The highest BCUT2D eigenvalue weighted by atomic mass is 16.5. The van der Waals surface area contributed by atoms with Crippen LogP contribution in [0.4, 0.5) is 0 Å². The van der Waals surface area contributed by atoms with Crippen molar-refractivity contribution in [2.75, 3.05) is 20.2 Å². The van der Waals surface area contributed by atoms with Crippen LogP contribution < -0.4 is 5.32 Å². The number of terminal acetylenes is 1. The molecule has 1 aliphatic rings. The summed E-state index contributed by atoms with van der Waals surface area (Å²) in [6.07, 6.45) is 8.48. The molecule has 1 aliphatic heterocycles. The number of benzene rings is 1. The Kier molecular flexibility index (Phi) is 6.45. The molecule has 1 atom stereocenters. The van der Waals surface area contributed by atoms with Gasteiger partial charge in [0.25, 0.3) is 0 Å². The topological polar surface area (TPSA) is 41.6 Å². The average molecular weight is 300 g/mol. The predicted molar refractivity (Wildman–Crippen MR) is 87.0 cm³/mol. The number of hydrogen-bond donors (Lipinski definition) is 1. The third-order valence-electron chi connectivity index (χ3n) is 4.08. The van der Waals surface area contributed by atoms with Crippen molar-refractivity contribution in [3.8, 4) is 12.3 Å². The second kappa shape index (κ2) is 8.57. The fourth-order valence-corrected chi connectivity index (χ4v) is 2.92. The highest BCUT2D eigenvalue weighted by Crippen LogP contribution is 2.17. The van der Waals surface area contributed by atoms with E-state index >= 15 is 0 Å². The molecule has 1 saturated heterocycles. The molecule has 1 aromatic carbocycles. The SMILES string of the molecule is C#CCN1CCCC[C@H]1C(=O)NCc1ccccc1COC. The van der Waals surface area contributed by atoms with E-state index in [4.69, 9.17) is 11.2 Å². The Hall–Kier alpha value is -1.83. The van der Waals surface area contributed by atoms with E-state index in [0.717, 1.165) is 36.9 Å². The molecule has 0 radical (unpaired) electrons. The minimum atomic E-state index is -0.0978. The summed E-state index contributed by atoms with van der Waals surface area (Å²) < 4.78 is 5.20. The number of amides is 1. The zero-order chi connectivity index (χ0) is 15.8. The van der Waals surface area contributed by atoms with Crippen molar-refractivity contribution in [1.82, 2.24) is 10.2 Å². The van der Waals surface area contributed by atoms with E-state index in [1.165, 1.54) is 0 Å². The predicted octanol–water partition coefficient (Wildman–Crippen LogP) is 1.94. The first-order chi connectivity index (χ1) is 10.8. The van der Waals surface area contributed by atoms with E-state index in [1.807, 2.05) is 24.3 Å². The van der Waals surface area contributed by atoms with Crippen LogP contribution in [-0.2, 0) is 22.7 Å². The molecule has 0 saturated carbocycles. The summed E-state index contributed by atoms with van der Waals surface area (Å²) in [5.41, 5.74) is 2.20. The molecule has 4 heteroatoms. The van der Waals surface area contributed by atoms with Gasteiger partial charge in [0.05, 0.1) is 19.2 Å². The smallest absolute Gasteiger partial charge is 0.237 e. The van der Waals surface area contributed by atoms with Crippen LogP contribution >= 0.6 is 0 Å². The Bertz CT molecular complexity index is 536. The molecule has 1 amide bonds. The van der Waals surface area contributed by atoms with Crippen molar-refractivity contribution in [2.45, 2.75) is 38.5 Å². The molecule has 1 heterocycles. The van der Waals surface area contributed by atoms with Crippen molar-refractivity contribution >= 4 is 5.91 Å². The lowest BCUT2D eigenvalue weighted by molar-refractivity contribution is -0.127. The van der Waals surface area contributed by atoms with E-state index in [2.05, 4.69) is 16.1 Å². The fraction of sp³-hybridized carbons (Fsp3) is 0.500. The summed E-state index contributed by atoms with van der Waals surface area (Å²) in [6, 6.07) is 7.91. The molecular formula is C18H24N2O2. The maximum atomic E-state index is 12.5. The second-order valence-electron chi connectivity index (χ2n) is 5.61. The van der Waals surface area contributed by atoms with Crippen molar-refractivity contribution < 1.29 is 9.53 Å². The van der Waals surface area contributed by atoms with Crippen molar-refractivity contribution in [3.05, 3.63) is 35.4 Å². The number of piperidine rings is 1. The minimum absolute atomic E-state index is 0.0715. The molecule has 0 aromatic heterocycles. The van der Waals surface area contributed by atoms with Gasteiger partial charge in [-0.2, -0.15) is 0 Å². The summed E-state index contributed by atoms with van der Waals surface area (Å²) in [5, 5.41) is 3.05. The van der Waals surface area contributed by atoms with Crippen molar-refractivity contribution in [1.29, 1.82) is 0 Å². The number of nitrogens with zero attached hydrogens (tertiary/aromatic N) is 1. The molecule has 0 bridgehead atoms. The highest BCUT2D eigenvalue weighted by molar-refractivity contribution is 5.81. The Morgan fingerprint density at radius 2 is 2.18 bits per heavy atom. The van der Waals surface area contributed by atoms with E-state index in [1.54, 1.807) is 7.11 Å². The maximum Gasteiger partial charge on any atom is 0.237 e. The number of ether oxygens (including phenoxy) is 1. The quantitative estimate of drug-likeness (QED) is 0.816. The summed E-state index contributed by atoms with van der Waals surface area (Å²) >= 11 is 0. The lowest BCUT2D eigenvalue weighted by Crippen LogP contribution is -2.49. The standard InChI is InChI=1S/C18H24N2O2/c1-3-11-20-12-7-6-10-17(20)18(21)19-13-15-8-4-5-9-16(15)14-22-2/h1,4-5,8-9,17H,6-7,10-14H2,2H3,(H,19,21)/t17-/m0/s1. The van der Waals surface area contributed by atoms with Crippen LogP contribution in [0.5, 0.6) is 0 Å². The van der Waals surface area contributed by atoms with Gasteiger partial charge in [0.15, 0.2) is 0 Å². The van der Waals surface area contributed by atoms with Crippen LogP contribution in [0, 0.1) is 12.3 Å². The molecule has 2 rings (SSSR count). The van der Waals surface area contributed by atoms with Crippen LogP contribution in [0.1, 0.15) is 30.4 Å². The first-order valence-corrected chi connectivity index (χ1v) is 7.77. The number of nitrogens with one attached hydrogen (secondary N) is 1. The van der Waals surface area contributed by atoms with Crippen LogP contribution in [0.25, 0.3) is 0 Å². The third-order valence-corrected chi connectivity index (χ3v) is 4.08. The molecule has 118 valence electrons. The van der Waals surface area contributed by atoms with Crippen molar-refractivity contribution in [2.24, 2.45) is 0 Å². The Labute approximate surface area is 132 Å². The molecule has 0 unspecified atom stereocenters. The van der Waals surface area contributed by atoms with Gasteiger partial charge in [0.1, 0.15) is 0 Å². The third kappa shape index (κ3) is 4.33. The monoisotopic (exact) mass is 300 g/mol. The van der Waals surface area contributed by atoms with E-state index in [-0.39, 0.29) is 11.9 Å². The number of rotatable bonds is 6. The second-order valence-corrected chi connectivity index (χ2v) is 5.61. The van der Waals surface area contributed by atoms with Gasteiger partial charge in [-0.3, -0.25) is 9.69 Å². The van der Waals surface area contributed by atoms with Crippen LogP contribution in [0.2, 0.25) is 0 Å². The van der Waals surface area contributed by atoms with E-state index in [9.17, 15) is 4.79 Å². The normalized spacial score (nSPS) is 18.6. The number of likely N-dealkylation sites (tertiary alicyclic amines) is 1. The molecule has 4 nitrogen and oxygen atoms in total. The zero-order valence-corrected chi connectivity index (χ0v) is 13.2. The molecule has 1 fully saturated rings. The molecular weight excluding hydrogens is 276 g/mol. The highest BCUT2D eigenvalue weighted by Gasteiger charge is 2.27. The van der Waals surface area contributed by atoms with E-state index < -0.39 is 0 Å². The lowest BCUT2D eigenvalue weighted by atomic mass is 10.0. The summed E-state index contributed by atoms with van der Waals surface area (Å²) in [4.78, 5) is 14.6. The molecule has 0 aliphatic carbocycles. The van der Waals surface area contributed by atoms with Gasteiger partial charge in [-0.25, -0.2) is 0 Å². The van der Waals surface area contributed by atoms with Gasteiger partial charge in [-0.1, -0.05) is 36.6 Å². The lowest BCUT2D eigenvalue weighted by Gasteiger charge is -2.33. The van der Waals surface area contributed by atoms with Gasteiger partial charge < -0.3 is 10.1 Å². The molecule has 1 N–H and O–H groups in total. The Morgan fingerprint density at radius 1 is 1.41 bits per heavy atom. The first-order valence-electron chi connectivity index (χ1n) is 7.77. The summed E-state index contributed by atoms with van der Waals surface area (Å²) in [5.74, 6) is 2.72. The van der Waals surface area contributed by atoms with Gasteiger partial charge in [-0.15, -0.1) is 6.42 Å². The largest absolute Gasteiger partial charge is 0.380 e. The summed E-state index contributed by atoms with van der Waals surface area (Å²) in [6.45, 7) is 2.53.